The molecule has 0 aliphatic heterocycles. The lowest BCUT2D eigenvalue weighted by Gasteiger charge is -2.19. The Labute approximate surface area is 105 Å². The first-order valence-corrected chi connectivity index (χ1v) is 6.98. The third kappa shape index (κ3) is 2.84. The topological polar surface area (TPSA) is 62.2 Å². The molecule has 0 spiro atoms. The molecule has 17 heavy (non-hydrogen) atoms. The minimum Gasteiger partial charge on any atom is -0.392 e. The molecule has 0 saturated heterocycles. The minimum atomic E-state index is -0.469. The summed E-state index contributed by atoms with van der Waals surface area (Å²) in [5, 5.41) is 15.5. The number of thiazole rings is 1. The average molecular weight is 254 g/mol. The zero-order valence-electron chi connectivity index (χ0n) is 9.93. The number of hydrogen-bond donors (Lipinski definition) is 2. The molecule has 1 amide bonds. The third-order valence-electron chi connectivity index (χ3n) is 3.29. The van der Waals surface area contributed by atoms with Crippen LogP contribution in [0.3, 0.4) is 0 Å². The van der Waals surface area contributed by atoms with Crippen LogP contribution in [0.4, 0.5) is 0 Å². The highest BCUT2D eigenvalue weighted by molar-refractivity contribution is 7.09. The predicted molar refractivity (Wildman–Crippen MR) is 66.6 cm³/mol. The highest BCUT2D eigenvalue weighted by Gasteiger charge is 2.32. The molecule has 1 aliphatic carbocycles. The molecule has 0 radical (unpaired) electrons. The van der Waals surface area contributed by atoms with Gasteiger partial charge in [0.25, 0.3) is 0 Å². The summed E-state index contributed by atoms with van der Waals surface area (Å²) in [5.74, 6) is -0.263. The predicted octanol–water partition coefficient (Wildman–Crippen LogP) is 1.87. The molecule has 1 saturated carbocycles. The molecule has 2 N–H and O–H groups in total. The Bertz CT molecular complexity index is 367. The fourth-order valence-corrected chi connectivity index (χ4v) is 3.04. The summed E-state index contributed by atoms with van der Waals surface area (Å²) in [6, 6.07) is -0.0182. The van der Waals surface area contributed by atoms with Gasteiger partial charge in [0.1, 0.15) is 5.01 Å². The number of carbonyl (C=O) groups excluding carboxylic acids is 1. The summed E-state index contributed by atoms with van der Waals surface area (Å²) in [4.78, 5) is 16.3. The summed E-state index contributed by atoms with van der Waals surface area (Å²) in [6.45, 7) is 2.03. The van der Waals surface area contributed by atoms with Gasteiger partial charge in [-0.3, -0.25) is 4.79 Å². The molecule has 1 fully saturated rings. The van der Waals surface area contributed by atoms with Gasteiger partial charge in [-0.2, -0.15) is 0 Å². The first kappa shape index (κ1) is 12.5. The monoisotopic (exact) mass is 254 g/mol. The van der Waals surface area contributed by atoms with E-state index >= 15 is 0 Å². The molecule has 3 atom stereocenters. The zero-order valence-corrected chi connectivity index (χ0v) is 10.7. The van der Waals surface area contributed by atoms with E-state index in [2.05, 4.69) is 10.3 Å². The van der Waals surface area contributed by atoms with E-state index in [0.717, 1.165) is 30.7 Å². The van der Waals surface area contributed by atoms with E-state index in [1.165, 1.54) is 0 Å². The molecule has 94 valence electrons. The Hall–Kier alpha value is -0.940. The summed E-state index contributed by atoms with van der Waals surface area (Å²) in [5.41, 5.74) is 0. The van der Waals surface area contributed by atoms with Gasteiger partial charge in [-0.1, -0.05) is 6.92 Å². The number of hydrogen-bond acceptors (Lipinski definition) is 4. The van der Waals surface area contributed by atoms with Crippen LogP contribution < -0.4 is 5.32 Å². The highest BCUT2D eigenvalue weighted by Crippen LogP contribution is 2.27. The summed E-state index contributed by atoms with van der Waals surface area (Å²) < 4.78 is 0. The second kappa shape index (κ2) is 5.60. The number of aliphatic hydroxyl groups is 1. The van der Waals surface area contributed by atoms with E-state index in [0.29, 0.717) is 0 Å². The van der Waals surface area contributed by atoms with Crippen LogP contribution in [0.5, 0.6) is 0 Å². The summed E-state index contributed by atoms with van der Waals surface area (Å²) in [6.07, 6.45) is 4.57. The maximum absolute atomic E-state index is 12.0. The molecule has 3 unspecified atom stereocenters. The van der Waals surface area contributed by atoms with Crippen LogP contribution in [-0.2, 0) is 4.79 Å². The van der Waals surface area contributed by atoms with E-state index in [-0.39, 0.29) is 17.9 Å². The first-order valence-electron chi connectivity index (χ1n) is 6.10. The van der Waals surface area contributed by atoms with Crippen LogP contribution in [-0.4, -0.2) is 22.1 Å². The van der Waals surface area contributed by atoms with Crippen LogP contribution in [0.1, 0.15) is 43.7 Å². The molecular formula is C12H18N2O2S. The van der Waals surface area contributed by atoms with Crippen LogP contribution >= 0.6 is 11.3 Å². The first-order chi connectivity index (χ1) is 8.22. The molecule has 1 heterocycles. The molecule has 2 rings (SSSR count). The van der Waals surface area contributed by atoms with Crippen molar-refractivity contribution < 1.29 is 9.90 Å². The van der Waals surface area contributed by atoms with Crippen molar-refractivity contribution in [2.75, 3.05) is 0 Å². The molecule has 1 aromatic heterocycles. The minimum absolute atomic E-state index is 0.0182. The Morgan fingerprint density at radius 1 is 1.71 bits per heavy atom. The lowest BCUT2D eigenvalue weighted by Crippen LogP contribution is -2.37. The van der Waals surface area contributed by atoms with Crippen molar-refractivity contribution in [1.82, 2.24) is 10.3 Å². The van der Waals surface area contributed by atoms with Crippen LogP contribution in [0, 0.1) is 5.92 Å². The normalized spacial score (nSPS) is 25.8. The largest absolute Gasteiger partial charge is 0.392 e. The van der Waals surface area contributed by atoms with Crippen molar-refractivity contribution in [2.24, 2.45) is 5.92 Å². The van der Waals surface area contributed by atoms with Crippen molar-refractivity contribution in [3.05, 3.63) is 16.6 Å². The number of nitrogens with one attached hydrogen (secondary N) is 1. The van der Waals surface area contributed by atoms with Crippen molar-refractivity contribution in [2.45, 2.75) is 44.8 Å². The van der Waals surface area contributed by atoms with Crippen LogP contribution in [0.2, 0.25) is 0 Å². The number of aromatic nitrogens is 1. The molecule has 1 aromatic rings. The summed E-state index contributed by atoms with van der Waals surface area (Å²) >= 11 is 1.55. The molecular weight excluding hydrogens is 236 g/mol. The second-order valence-electron chi connectivity index (χ2n) is 4.44. The SMILES string of the molecule is CCC(NC(=O)C1CCCC1O)c1nccs1. The van der Waals surface area contributed by atoms with Crippen molar-refractivity contribution in [3.8, 4) is 0 Å². The van der Waals surface area contributed by atoms with E-state index in [4.69, 9.17) is 0 Å². The van der Waals surface area contributed by atoms with E-state index < -0.39 is 6.10 Å². The Kier molecular flexibility index (Phi) is 4.12. The van der Waals surface area contributed by atoms with Gasteiger partial charge >= 0.3 is 0 Å². The maximum Gasteiger partial charge on any atom is 0.226 e. The lowest BCUT2D eigenvalue weighted by atomic mass is 10.0. The highest BCUT2D eigenvalue weighted by atomic mass is 32.1. The van der Waals surface area contributed by atoms with Gasteiger partial charge in [0.15, 0.2) is 0 Å². The number of aliphatic hydroxyl groups excluding tert-OH is 1. The number of amides is 1. The van der Waals surface area contributed by atoms with Gasteiger partial charge < -0.3 is 10.4 Å². The molecule has 0 bridgehead atoms. The second-order valence-corrected chi connectivity index (χ2v) is 5.37. The fourth-order valence-electron chi connectivity index (χ4n) is 2.27. The molecule has 0 aromatic carbocycles. The van der Waals surface area contributed by atoms with Crippen LogP contribution in [0.25, 0.3) is 0 Å². The fraction of sp³-hybridized carbons (Fsp3) is 0.667. The number of carbonyl (C=O) groups is 1. The van der Waals surface area contributed by atoms with Crippen molar-refractivity contribution in [3.63, 3.8) is 0 Å². The van der Waals surface area contributed by atoms with Gasteiger partial charge in [0, 0.05) is 11.6 Å². The van der Waals surface area contributed by atoms with Gasteiger partial charge in [-0.25, -0.2) is 4.98 Å². The van der Waals surface area contributed by atoms with Gasteiger partial charge in [-0.05, 0) is 25.7 Å². The maximum atomic E-state index is 12.0. The van der Waals surface area contributed by atoms with Gasteiger partial charge in [0.2, 0.25) is 5.91 Å². The zero-order chi connectivity index (χ0) is 12.3. The molecule has 5 heteroatoms. The lowest BCUT2D eigenvalue weighted by molar-refractivity contribution is -0.128. The van der Waals surface area contributed by atoms with Crippen molar-refractivity contribution >= 4 is 17.2 Å². The van der Waals surface area contributed by atoms with Gasteiger partial charge in [0.05, 0.1) is 18.1 Å². The van der Waals surface area contributed by atoms with E-state index in [1.807, 2.05) is 12.3 Å². The van der Waals surface area contributed by atoms with Crippen LogP contribution in [0.15, 0.2) is 11.6 Å². The quantitative estimate of drug-likeness (QED) is 0.862. The van der Waals surface area contributed by atoms with E-state index in [1.54, 1.807) is 17.5 Å². The smallest absolute Gasteiger partial charge is 0.226 e. The van der Waals surface area contributed by atoms with E-state index in [9.17, 15) is 9.90 Å². The summed E-state index contributed by atoms with van der Waals surface area (Å²) in [7, 11) is 0. The third-order valence-corrected chi connectivity index (χ3v) is 4.18. The number of rotatable bonds is 4. The Morgan fingerprint density at radius 3 is 3.06 bits per heavy atom. The van der Waals surface area contributed by atoms with Crippen molar-refractivity contribution in [1.29, 1.82) is 0 Å². The average Bonchev–Trinajstić information content (AvgIpc) is 2.96. The number of nitrogens with zero attached hydrogens (tertiary/aromatic N) is 1. The van der Waals surface area contributed by atoms with Gasteiger partial charge in [-0.15, -0.1) is 11.3 Å². The molecule has 1 aliphatic rings. The standard InChI is InChI=1S/C12H18N2O2S/c1-2-9(12-13-6-7-17-12)14-11(16)8-4-3-5-10(8)15/h6-10,15H,2-5H2,1H3,(H,14,16). The Morgan fingerprint density at radius 2 is 2.53 bits per heavy atom. The Balaban J connectivity index is 1.97. The molecule has 4 nitrogen and oxygen atoms in total.